The van der Waals surface area contributed by atoms with Crippen molar-refractivity contribution in [1.82, 2.24) is 18.9 Å². The summed E-state index contributed by atoms with van der Waals surface area (Å²) in [7, 11) is 3.81. The number of carbonyl (C=O) groups excluding carboxylic acids is 1. The lowest BCUT2D eigenvalue weighted by molar-refractivity contribution is 0.0983. The number of aryl methyl sites for hydroxylation is 1. The fraction of sp³-hybridized carbons (Fsp3) is 0.441. The largest absolute Gasteiger partial charge is 0.397 e. The molecule has 1 fully saturated rings. The molecule has 4 N–H and O–H groups in total. The molecule has 1 saturated carbocycles. The predicted octanol–water partition coefficient (Wildman–Crippen LogP) is 6.26. The zero-order valence-electron chi connectivity index (χ0n) is 25.5. The van der Waals surface area contributed by atoms with Gasteiger partial charge in [-0.15, -0.1) is 0 Å². The normalized spacial score (nSPS) is 14.8. The van der Waals surface area contributed by atoms with Crippen LogP contribution < -0.4 is 10.0 Å². The van der Waals surface area contributed by atoms with Gasteiger partial charge in [0.15, 0.2) is 0 Å². The third-order valence-corrected chi connectivity index (χ3v) is 8.62. The van der Waals surface area contributed by atoms with Crippen molar-refractivity contribution in [3.05, 3.63) is 76.5 Å². The molecule has 1 aliphatic carbocycles. The Morgan fingerprint density at radius 1 is 1.10 bits per heavy atom. The third kappa shape index (κ3) is 7.11. The smallest absolute Gasteiger partial charge is 0.262 e. The number of aliphatic hydroxyl groups is 2. The summed E-state index contributed by atoms with van der Waals surface area (Å²) < 4.78 is 7.21. The summed E-state index contributed by atoms with van der Waals surface area (Å²) in [6.45, 7) is 9.61. The van der Waals surface area contributed by atoms with E-state index in [1.54, 1.807) is 6.92 Å². The van der Waals surface area contributed by atoms with Crippen LogP contribution in [0.3, 0.4) is 0 Å². The number of hydrogen-bond acceptors (Lipinski definition) is 6. The maximum Gasteiger partial charge on any atom is 0.262 e. The van der Waals surface area contributed by atoms with E-state index in [1.807, 2.05) is 24.5 Å². The van der Waals surface area contributed by atoms with E-state index in [-0.39, 0.29) is 19.1 Å². The summed E-state index contributed by atoms with van der Waals surface area (Å²) in [5.74, 6) is 0.397. The molecular formula is C34H46N4O3S. The van der Waals surface area contributed by atoms with E-state index in [0.717, 1.165) is 23.2 Å². The molecule has 1 amide bonds. The van der Waals surface area contributed by atoms with Gasteiger partial charge in [0.1, 0.15) is 0 Å². The van der Waals surface area contributed by atoms with E-state index >= 15 is 0 Å². The predicted molar refractivity (Wildman–Crippen MR) is 176 cm³/mol. The molecule has 0 bridgehead atoms. The van der Waals surface area contributed by atoms with Gasteiger partial charge in [-0.2, -0.15) is 0 Å². The Bertz CT molecular complexity index is 1440. The van der Waals surface area contributed by atoms with Crippen molar-refractivity contribution in [2.45, 2.75) is 64.8 Å². The number of aromatic nitrogens is 1. The second-order valence-corrected chi connectivity index (χ2v) is 12.3. The van der Waals surface area contributed by atoms with Gasteiger partial charge in [-0.05, 0) is 86.7 Å². The number of allylic oxidation sites excluding steroid dienone is 1. The first kappa shape index (κ1) is 31.9. The molecule has 1 aliphatic heterocycles. The lowest BCUT2D eigenvalue weighted by Gasteiger charge is -2.24. The van der Waals surface area contributed by atoms with E-state index in [4.69, 9.17) is 5.11 Å². The van der Waals surface area contributed by atoms with Crippen LogP contribution in [-0.2, 0) is 13.0 Å². The molecule has 8 heteroatoms. The molecule has 5 rings (SSSR count). The summed E-state index contributed by atoms with van der Waals surface area (Å²) >= 11 is 1.28. The van der Waals surface area contributed by atoms with Gasteiger partial charge in [0.25, 0.3) is 5.91 Å². The molecule has 2 aromatic carbocycles. The minimum Gasteiger partial charge on any atom is -0.397 e. The van der Waals surface area contributed by atoms with Gasteiger partial charge < -0.3 is 20.1 Å². The van der Waals surface area contributed by atoms with Gasteiger partial charge in [-0.3, -0.25) is 9.52 Å². The minimum atomic E-state index is -0.100. The van der Waals surface area contributed by atoms with Crippen molar-refractivity contribution in [3.63, 3.8) is 0 Å². The van der Waals surface area contributed by atoms with Crippen LogP contribution in [0.25, 0.3) is 28.2 Å². The molecule has 42 heavy (non-hydrogen) atoms. The molecule has 0 atom stereocenters. The fourth-order valence-electron chi connectivity index (χ4n) is 6.04. The molecule has 0 unspecified atom stereocenters. The summed E-state index contributed by atoms with van der Waals surface area (Å²) in [5, 5.41) is 21.5. The Hall–Kier alpha value is -3.04. The number of rotatable bonds is 9. The van der Waals surface area contributed by atoms with Gasteiger partial charge in [-0.1, -0.05) is 57.0 Å². The molecular weight excluding hydrogens is 544 g/mol. The number of nitrogens with zero attached hydrogens (tertiary/aromatic N) is 2. The number of aliphatic hydroxyl groups excluding tert-OH is 2. The van der Waals surface area contributed by atoms with E-state index < -0.39 is 0 Å². The first-order chi connectivity index (χ1) is 20.3. The van der Waals surface area contributed by atoms with Crippen LogP contribution in [0.1, 0.15) is 78.9 Å². The molecule has 0 spiro atoms. The standard InChI is InChI=1S/C32H40N4O2S.C2H6O/c1-5-22-11-13-27-25(17-22)18-26(21(2)33-15-16-37)20-36-29-19-24(32(38)34-39-35(3)4)12-14-28(29)30(31(27)36)23-9-7-6-8-10-23;1-2-3/h11-14,17-19,23,33,37H,2,5-10,15-16,20H2,1,3-4H3,(H,34,38);3H,2H2,1H3. The monoisotopic (exact) mass is 590 g/mol. The maximum absolute atomic E-state index is 13.1. The summed E-state index contributed by atoms with van der Waals surface area (Å²) in [6.07, 6.45) is 9.44. The van der Waals surface area contributed by atoms with Crippen molar-refractivity contribution >= 4 is 35.0 Å². The number of nitrogens with one attached hydrogen (secondary N) is 2. The minimum absolute atomic E-state index is 0.0514. The van der Waals surface area contributed by atoms with Crippen LogP contribution in [0.5, 0.6) is 0 Å². The molecule has 2 heterocycles. The quantitative estimate of drug-likeness (QED) is 0.220. The average molecular weight is 591 g/mol. The molecule has 7 nitrogen and oxygen atoms in total. The van der Waals surface area contributed by atoms with Crippen LogP contribution in [0.4, 0.5) is 0 Å². The number of amides is 1. The zero-order chi connectivity index (χ0) is 30.2. The van der Waals surface area contributed by atoms with E-state index in [1.165, 1.54) is 77.6 Å². The van der Waals surface area contributed by atoms with E-state index in [0.29, 0.717) is 24.6 Å². The van der Waals surface area contributed by atoms with Crippen molar-refractivity contribution in [2.75, 3.05) is 33.9 Å². The Kier molecular flexibility index (Phi) is 11.3. The Morgan fingerprint density at radius 2 is 1.83 bits per heavy atom. The topological polar surface area (TPSA) is 89.8 Å². The number of hydrogen-bond donors (Lipinski definition) is 4. The Morgan fingerprint density at radius 3 is 2.50 bits per heavy atom. The molecule has 0 radical (unpaired) electrons. The second-order valence-electron chi connectivity index (χ2n) is 11.1. The van der Waals surface area contributed by atoms with Crippen LogP contribution in [-0.4, -0.2) is 58.8 Å². The van der Waals surface area contributed by atoms with E-state index in [9.17, 15) is 9.90 Å². The molecule has 3 aromatic rings. The van der Waals surface area contributed by atoms with Crippen molar-refractivity contribution in [3.8, 4) is 11.3 Å². The fourth-order valence-corrected chi connectivity index (χ4v) is 6.43. The van der Waals surface area contributed by atoms with E-state index in [2.05, 4.69) is 64.5 Å². The third-order valence-electron chi connectivity index (χ3n) is 7.98. The molecule has 1 aromatic heterocycles. The molecule has 226 valence electrons. The van der Waals surface area contributed by atoms with Gasteiger partial charge in [0.2, 0.25) is 0 Å². The first-order valence-electron chi connectivity index (χ1n) is 15.1. The highest BCUT2D eigenvalue weighted by molar-refractivity contribution is 7.95. The highest BCUT2D eigenvalue weighted by atomic mass is 32.2. The lowest BCUT2D eigenvalue weighted by Crippen LogP contribution is -2.21. The molecule has 2 aliphatic rings. The van der Waals surface area contributed by atoms with Crippen LogP contribution in [0, 0.1) is 0 Å². The number of fused-ring (bicyclic) bond motifs is 5. The van der Waals surface area contributed by atoms with Gasteiger partial charge in [0, 0.05) is 53.0 Å². The highest BCUT2D eigenvalue weighted by Gasteiger charge is 2.29. The van der Waals surface area contributed by atoms with Crippen molar-refractivity contribution in [1.29, 1.82) is 0 Å². The van der Waals surface area contributed by atoms with Crippen LogP contribution >= 0.6 is 12.1 Å². The summed E-state index contributed by atoms with van der Waals surface area (Å²) in [5.41, 5.74) is 10.1. The summed E-state index contributed by atoms with van der Waals surface area (Å²) in [6, 6.07) is 13.0. The van der Waals surface area contributed by atoms with Crippen molar-refractivity contribution in [2.24, 2.45) is 0 Å². The van der Waals surface area contributed by atoms with Gasteiger partial charge >= 0.3 is 0 Å². The lowest BCUT2D eigenvalue weighted by atomic mass is 9.81. The Balaban J connectivity index is 0.00000129. The first-order valence-corrected chi connectivity index (χ1v) is 15.9. The average Bonchev–Trinajstić information content (AvgIpc) is 3.21. The summed E-state index contributed by atoms with van der Waals surface area (Å²) in [4.78, 5) is 13.1. The highest BCUT2D eigenvalue weighted by Crippen LogP contribution is 2.47. The van der Waals surface area contributed by atoms with Crippen LogP contribution in [0.2, 0.25) is 0 Å². The zero-order valence-corrected chi connectivity index (χ0v) is 26.3. The SMILES string of the molecule is C=C(NCCO)C1=Cc2cc(CC)ccc2-c2c(C3CCCCC3)c3ccc(C(=O)NSN(C)C)cc3n2C1.CCO. The van der Waals surface area contributed by atoms with Crippen molar-refractivity contribution < 1.29 is 15.0 Å². The number of carbonyl (C=O) groups is 1. The number of benzene rings is 2. The maximum atomic E-state index is 13.1. The Labute approximate surface area is 255 Å². The molecule has 0 saturated heterocycles. The second kappa shape index (κ2) is 14.9. The van der Waals surface area contributed by atoms with Gasteiger partial charge in [-0.25, -0.2) is 4.31 Å². The van der Waals surface area contributed by atoms with Crippen LogP contribution in [0.15, 0.2) is 54.2 Å². The van der Waals surface area contributed by atoms with Gasteiger partial charge in [0.05, 0.1) is 18.8 Å².